The highest BCUT2D eigenvalue weighted by molar-refractivity contribution is 5.86. The van der Waals surface area contributed by atoms with Gasteiger partial charge in [0.2, 0.25) is 5.88 Å². The van der Waals surface area contributed by atoms with E-state index in [1.807, 2.05) is 32.0 Å². The smallest absolute Gasteiger partial charge is 0.358 e. The van der Waals surface area contributed by atoms with Gasteiger partial charge >= 0.3 is 5.97 Å². The Kier molecular flexibility index (Phi) is 8.70. The number of carbonyl (C=O) groups is 1. The number of aromatic amines is 1. The number of carboxylic acid groups (broad SMARTS) is 1. The zero-order chi connectivity index (χ0) is 22.1. The Morgan fingerprint density at radius 2 is 1.97 bits per heavy atom. The van der Waals surface area contributed by atoms with Crippen molar-refractivity contribution in [3.05, 3.63) is 53.2 Å². The highest BCUT2D eigenvalue weighted by atomic mass is 16.5. The Hall–Kier alpha value is -3.04. The fraction of sp³-hybridized carbons (Fsp3) is 0.429. The molecule has 1 fully saturated rings. The molecular formula is C21H31N5O4. The van der Waals surface area contributed by atoms with E-state index in [1.54, 1.807) is 6.20 Å². The monoisotopic (exact) mass is 417 g/mol. The van der Waals surface area contributed by atoms with Crippen LogP contribution in [0.4, 0.5) is 0 Å². The number of nitrogens with one attached hydrogen (secondary N) is 2. The van der Waals surface area contributed by atoms with Gasteiger partial charge in [0.15, 0.2) is 5.70 Å². The first-order valence-electron chi connectivity index (χ1n) is 10.1. The molecule has 0 radical (unpaired) electrons. The number of aliphatic carboxylic acids is 1. The minimum atomic E-state index is -1.26. The van der Waals surface area contributed by atoms with Crippen molar-refractivity contribution in [1.29, 1.82) is 0 Å². The molecule has 0 atom stereocenters. The number of aromatic nitrogens is 2. The minimum absolute atomic E-state index is 0.0496. The highest BCUT2D eigenvalue weighted by Gasteiger charge is 2.25. The number of aliphatic hydroxyl groups is 1. The summed E-state index contributed by atoms with van der Waals surface area (Å²) in [5.41, 5.74) is 11.3. The average molecular weight is 418 g/mol. The van der Waals surface area contributed by atoms with E-state index in [0.717, 1.165) is 42.5 Å². The number of hydrazine groups is 1. The molecule has 0 saturated heterocycles. The van der Waals surface area contributed by atoms with E-state index in [0.29, 0.717) is 5.92 Å². The first-order chi connectivity index (χ1) is 14.5. The van der Waals surface area contributed by atoms with Crippen molar-refractivity contribution in [2.75, 3.05) is 0 Å². The van der Waals surface area contributed by atoms with Crippen LogP contribution in [0.15, 0.2) is 42.0 Å². The Morgan fingerprint density at radius 1 is 1.27 bits per heavy atom. The van der Waals surface area contributed by atoms with E-state index < -0.39 is 5.97 Å². The average Bonchev–Trinajstić information content (AvgIpc) is 3.30. The molecule has 1 aromatic heterocycles. The number of aliphatic hydroxyl groups excluding tert-OH is 1. The van der Waals surface area contributed by atoms with Crippen LogP contribution < -0.4 is 17.0 Å². The molecule has 1 saturated carbocycles. The summed E-state index contributed by atoms with van der Waals surface area (Å²) in [4.78, 5) is 11.0. The maximum atomic E-state index is 11.0. The predicted octanol–water partition coefficient (Wildman–Crippen LogP) is 2.31. The van der Waals surface area contributed by atoms with Gasteiger partial charge in [0.1, 0.15) is 6.10 Å². The number of hydrogen-bond acceptors (Lipinski definition) is 7. The van der Waals surface area contributed by atoms with Gasteiger partial charge in [0.05, 0.1) is 12.3 Å². The van der Waals surface area contributed by atoms with Crippen molar-refractivity contribution in [3.63, 3.8) is 0 Å². The summed E-state index contributed by atoms with van der Waals surface area (Å²) in [6, 6.07) is 7.99. The first kappa shape index (κ1) is 23.2. The van der Waals surface area contributed by atoms with Crippen LogP contribution in [0, 0.1) is 0 Å². The lowest BCUT2D eigenvalue weighted by molar-refractivity contribution is -0.133. The summed E-state index contributed by atoms with van der Waals surface area (Å²) in [5, 5.41) is 25.7. The molecule has 0 unspecified atom stereocenters. The lowest BCUT2D eigenvalue weighted by Gasteiger charge is -2.30. The van der Waals surface area contributed by atoms with E-state index in [9.17, 15) is 9.90 Å². The van der Waals surface area contributed by atoms with E-state index in [1.165, 1.54) is 5.56 Å². The molecule has 1 heterocycles. The first-order valence-corrected chi connectivity index (χ1v) is 10.1. The fourth-order valence-electron chi connectivity index (χ4n) is 3.66. The largest absolute Gasteiger partial charge is 0.476 e. The van der Waals surface area contributed by atoms with Crippen LogP contribution in [0.5, 0.6) is 0 Å². The molecule has 0 aliphatic heterocycles. The second-order valence-corrected chi connectivity index (χ2v) is 6.83. The SMILES string of the molecule is CC.NN/C(C(=O)O)=C(\N)OC1CCC(c2ccc(-c3ccn[nH]3)c(CO)c2)CC1. The van der Waals surface area contributed by atoms with E-state index in [4.69, 9.17) is 21.4 Å². The maximum Gasteiger partial charge on any atom is 0.358 e. The van der Waals surface area contributed by atoms with Crippen molar-refractivity contribution < 1.29 is 19.7 Å². The molecule has 1 aliphatic rings. The normalized spacial score (nSPS) is 19.2. The van der Waals surface area contributed by atoms with E-state index in [-0.39, 0.29) is 24.3 Å². The Morgan fingerprint density at radius 3 is 2.50 bits per heavy atom. The van der Waals surface area contributed by atoms with Gasteiger partial charge in [-0.25, -0.2) is 4.79 Å². The standard InChI is InChI=1S/C19H25N5O4.C2H6/c20-18(17(23-21)19(26)27)28-14-4-1-11(2-5-14)12-3-6-15(13(9-12)10-25)16-7-8-22-24-16;1-2/h3,6-9,11,14,23,25H,1-2,4-5,10,20-21H2,(H,22,24)(H,26,27);1-2H3/b18-17+;. The van der Waals surface area contributed by atoms with Crippen LogP contribution >= 0.6 is 0 Å². The minimum Gasteiger partial charge on any atom is -0.476 e. The van der Waals surface area contributed by atoms with Crippen LogP contribution in [0.2, 0.25) is 0 Å². The number of benzene rings is 1. The molecule has 1 aromatic carbocycles. The predicted molar refractivity (Wildman–Crippen MR) is 114 cm³/mol. The summed E-state index contributed by atoms with van der Waals surface area (Å²) in [7, 11) is 0. The zero-order valence-electron chi connectivity index (χ0n) is 17.4. The van der Waals surface area contributed by atoms with Crippen LogP contribution in [-0.4, -0.2) is 32.5 Å². The summed E-state index contributed by atoms with van der Waals surface area (Å²) in [5.74, 6) is 4.06. The Bertz CT molecular complexity index is 843. The van der Waals surface area contributed by atoms with Gasteiger partial charge in [-0.1, -0.05) is 32.0 Å². The van der Waals surface area contributed by atoms with E-state index in [2.05, 4.69) is 21.7 Å². The maximum absolute atomic E-state index is 11.0. The van der Waals surface area contributed by atoms with Crippen molar-refractivity contribution in [2.45, 2.75) is 58.2 Å². The number of rotatable bonds is 7. The molecule has 9 nitrogen and oxygen atoms in total. The molecule has 3 rings (SSSR count). The van der Waals surface area contributed by atoms with Crippen molar-refractivity contribution in [2.24, 2.45) is 11.6 Å². The van der Waals surface area contributed by atoms with Gasteiger partial charge in [-0.3, -0.25) is 10.9 Å². The second-order valence-electron chi connectivity index (χ2n) is 6.83. The lowest BCUT2D eigenvalue weighted by Crippen LogP contribution is -2.32. The quantitative estimate of drug-likeness (QED) is 0.173. The topological polar surface area (TPSA) is 160 Å². The summed E-state index contributed by atoms with van der Waals surface area (Å²) >= 11 is 0. The van der Waals surface area contributed by atoms with Crippen LogP contribution in [0.1, 0.15) is 56.6 Å². The van der Waals surface area contributed by atoms with Gasteiger partial charge in [-0.05, 0) is 48.8 Å². The molecular weight excluding hydrogens is 386 g/mol. The fourth-order valence-corrected chi connectivity index (χ4v) is 3.66. The Labute approximate surface area is 176 Å². The van der Waals surface area contributed by atoms with Gasteiger partial charge in [-0.15, -0.1) is 0 Å². The summed E-state index contributed by atoms with van der Waals surface area (Å²) in [6.45, 7) is 3.95. The highest BCUT2D eigenvalue weighted by Crippen LogP contribution is 2.36. The van der Waals surface area contributed by atoms with Crippen molar-refractivity contribution in [1.82, 2.24) is 15.6 Å². The lowest BCUT2D eigenvalue weighted by atomic mass is 9.81. The van der Waals surface area contributed by atoms with Crippen LogP contribution in [0.3, 0.4) is 0 Å². The molecule has 9 heteroatoms. The third-order valence-corrected chi connectivity index (χ3v) is 5.13. The van der Waals surface area contributed by atoms with Crippen LogP contribution in [-0.2, 0) is 16.1 Å². The Balaban J connectivity index is 0.00000155. The number of nitrogens with two attached hydrogens (primary N) is 2. The van der Waals surface area contributed by atoms with Crippen molar-refractivity contribution in [3.8, 4) is 11.3 Å². The summed E-state index contributed by atoms with van der Waals surface area (Å²) < 4.78 is 5.59. The van der Waals surface area contributed by atoms with Crippen LogP contribution in [0.25, 0.3) is 11.3 Å². The molecule has 0 bridgehead atoms. The molecule has 0 amide bonds. The summed E-state index contributed by atoms with van der Waals surface area (Å²) in [6.07, 6.45) is 4.79. The number of nitrogens with zero attached hydrogens (tertiary/aromatic N) is 1. The second kappa shape index (κ2) is 11.2. The molecule has 2 aromatic rings. The molecule has 8 N–H and O–H groups in total. The van der Waals surface area contributed by atoms with Gasteiger partial charge < -0.3 is 26.1 Å². The van der Waals surface area contributed by atoms with E-state index >= 15 is 0 Å². The number of carboxylic acids is 1. The third-order valence-electron chi connectivity index (χ3n) is 5.13. The molecule has 30 heavy (non-hydrogen) atoms. The third kappa shape index (κ3) is 5.52. The molecule has 164 valence electrons. The van der Waals surface area contributed by atoms with Crippen molar-refractivity contribution >= 4 is 5.97 Å². The molecule has 0 spiro atoms. The number of hydrogen-bond donors (Lipinski definition) is 6. The van der Waals surface area contributed by atoms with Gasteiger partial charge in [0, 0.05) is 11.8 Å². The zero-order valence-corrected chi connectivity index (χ0v) is 17.4. The van der Waals surface area contributed by atoms with Gasteiger partial charge in [0.25, 0.3) is 0 Å². The van der Waals surface area contributed by atoms with Gasteiger partial charge in [-0.2, -0.15) is 5.10 Å². The number of H-pyrrole nitrogens is 1. The number of ether oxygens (including phenoxy) is 1. The molecule has 1 aliphatic carbocycles.